The van der Waals surface area contributed by atoms with Gasteiger partial charge in [-0.1, -0.05) is 96.0 Å². The Morgan fingerprint density at radius 3 is 1.31 bits per heavy atom. The Morgan fingerprint density at radius 2 is 0.878 bits per heavy atom. The minimum atomic E-state index is -0.544. The van der Waals surface area contributed by atoms with Gasteiger partial charge in [0.05, 0.1) is 33.5 Å². The number of para-hydroxylation sites is 2. The topological polar surface area (TPSA) is 197 Å². The van der Waals surface area contributed by atoms with Gasteiger partial charge in [-0.05, 0) is 119 Å². The normalized spacial score (nSPS) is 12.3. The highest BCUT2D eigenvalue weighted by Crippen LogP contribution is 2.47. The lowest BCUT2D eigenvalue weighted by molar-refractivity contribution is 0.101. The van der Waals surface area contributed by atoms with Crippen LogP contribution in [0.2, 0.25) is 10.0 Å². The van der Waals surface area contributed by atoms with Gasteiger partial charge in [0, 0.05) is 75.9 Å². The molecule has 0 radical (unpaired) electrons. The van der Waals surface area contributed by atoms with Crippen LogP contribution in [0.4, 0.5) is 34.1 Å². The first-order valence-corrected chi connectivity index (χ1v) is 24.0. The molecule has 2 aromatic heterocycles. The summed E-state index contributed by atoms with van der Waals surface area (Å²) in [5.41, 5.74) is 6.81. The number of fused-ring (bicyclic) bond motifs is 13. The molecule has 0 unspecified atom stereocenters. The lowest BCUT2D eigenvalue weighted by Gasteiger charge is -2.12. The van der Waals surface area contributed by atoms with Crippen molar-refractivity contribution < 1.29 is 24.6 Å². The number of nitrogens with zero attached hydrogens (tertiary/aromatic N) is 4. The van der Waals surface area contributed by atoms with E-state index >= 15 is 0 Å². The Labute approximate surface area is 428 Å². The van der Waals surface area contributed by atoms with Crippen molar-refractivity contribution in [2.75, 3.05) is 10.6 Å². The number of ketones is 1. The SMILES string of the molecule is O=C1c2cc(N=Nc3c(O)c(C(=O)Nc4ccccc4)cc4ccc5c6cc(Cl)ccc6[nH]c5c34)ccc2-c2ccc(N=Nc3c(O)c(C(=O)Nc4ccccc4)cc4ccc5c6cc(Cl)ccc6[nH]c5c34)cc21. The molecule has 1 aliphatic carbocycles. The third kappa shape index (κ3) is 7.37. The van der Waals surface area contributed by atoms with E-state index in [4.69, 9.17) is 23.2 Å². The van der Waals surface area contributed by atoms with Gasteiger partial charge in [-0.3, -0.25) is 14.4 Å². The predicted octanol–water partition coefficient (Wildman–Crippen LogP) is 16.5. The molecule has 6 N–H and O–H groups in total. The summed E-state index contributed by atoms with van der Waals surface area (Å²) in [4.78, 5) is 48.7. The van der Waals surface area contributed by atoms with E-state index in [-0.39, 0.29) is 39.8 Å². The van der Waals surface area contributed by atoms with Gasteiger partial charge >= 0.3 is 0 Å². The average Bonchev–Trinajstić information content (AvgIpc) is 4.07. The Hall–Kier alpha value is -9.69. The van der Waals surface area contributed by atoms with Crippen molar-refractivity contribution in [3.8, 4) is 22.6 Å². The molecule has 0 fully saturated rings. The first kappa shape index (κ1) is 44.3. The fourth-order valence-corrected chi connectivity index (χ4v) is 10.3. The van der Waals surface area contributed by atoms with E-state index in [1.165, 1.54) is 0 Å². The summed E-state index contributed by atoms with van der Waals surface area (Å²) in [5.74, 6) is -2.15. The number of H-pyrrole nitrogens is 2. The number of hydrogen-bond acceptors (Lipinski definition) is 9. The van der Waals surface area contributed by atoms with Gasteiger partial charge in [0.2, 0.25) is 0 Å². The van der Waals surface area contributed by atoms with E-state index in [9.17, 15) is 24.6 Å². The fourth-order valence-electron chi connectivity index (χ4n) is 9.98. The van der Waals surface area contributed by atoms with Crippen LogP contribution in [0.25, 0.3) is 76.3 Å². The Balaban J connectivity index is 0.866. The van der Waals surface area contributed by atoms with Crippen molar-refractivity contribution >= 4 is 140 Å². The van der Waals surface area contributed by atoms with Gasteiger partial charge in [-0.25, -0.2) is 0 Å². The molecule has 1 aliphatic rings. The number of anilines is 2. The largest absolute Gasteiger partial charge is 0.505 e. The number of rotatable bonds is 8. The second-order valence-corrected chi connectivity index (χ2v) is 18.7. The van der Waals surface area contributed by atoms with Crippen molar-refractivity contribution in [3.63, 3.8) is 0 Å². The lowest BCUT2D eigenvalue weighted by atomic mass is 10.00. The van der Waals surface area contributed by atoms with Crippen LogP contribution in [0.1, 0.15) is 36.6 Å². The van der Waals surface area contributed by atoms with E-state index < -0.39 is 11.8 Å². The molecule has 10 aromatic carbocycles. The molecule has 0 aliphatic heterocycles. The maximum Gasteiger partial charge on any atom is 0.259 e. The van der Waals surface area contributed by atoms with Crippen LogP contribution in [0.3, 0.4) is 0 Å². The van der Waals surface area contributed by atoms with Crippen LogP contribution >= 0.6 is 23.2 Å². The van der Waals surface area contributed by atoms with Gasteiger partial charge in [0.1, 0.15) is 11.4 Å². The van der Waals surface area contributed by atoms with Crippen LogP contribution in [0.15, 0.2) is 190 Å². The van der Waals surface area contributed by atoms with Crippen molar-refractivity contribution in [2.45, 2.75) is 0 Å². The molecule has 0 spiro atoms. The highest BCUT2D eigenvalue weighted by atomic mass is 35.5. The summed E-state index contributed by atoms with van der Waals surface area (Å²) in [7, 11) is 0. The van der Waals surface area contributed by atoms with E-state index in [0.717, 1.165) is 32.6 Å². The molecular weight excluding hydrogens is 972 g/mol. The quantitative estimate of drug-likeness (QED) is 0.0822. The summed E-state index contributed by atoms with van der Waals surface area (Å²) in [5, 5.41) is 54.7. The van der Waals surface area contributed by atoms with Crippen LogP contribution in [-0.4, -0.2) is 37.8 Å². The van der Waals surface area contributed by atoms with Crippen molar-refractivity contribution in [2.24, 2.45) is 20.5 Å². The predicted molar refractivity (Wildman–Crippen MR) is 292 cm³/mol. The van der Waals surface area contributed by atoms with Crippen molar-refractivity contribution in [3.05, 3.63) is 202 Å². The Morgan fingerprint density at radius 1 is 0.446 bits per heavy atom. The minimum Gasteiger partial charge on any atom is -0.505 e. The van der Waals surface area contributed by atoms with E-state index in [2.05, 4.69) is 41.1 Å². The third-order valence-electron chi connectivity index (χ3n) is 13.4. The zero-order valence-corrected chi connectivity index (χ0v) is 39.8. The van der Waals surface area contributed by atoms with Crippen LogP contribution in [0, 0.1) is 0 Å². The van der Waals surface area contributed by atoms with Crippen molar-refractivity contribution in [1.29, 1.82) is 0 Å². The molecule has 13 rings (SSSR count). The van der Waals surface area contributed by atoms with Gasteiger partial charge in [-0.2, -0.15) is 10.2 Å². The Bertz CT molecular complexity index is 4210. The first-order valence-electron chi connectivity index (χ1n) is 23.2. The zero-order valence-electron chi connectivity index (χ0n) is 38.3. The molecule has 74 heavy (non-hydrogen) atoms. The number of phenolic OH excluding ortho intramolecular Hbond substituents is 2. The maximum absolute atomic E-state index is 14.3. The van der Waals surface area contributed by atoms with Crippen molar-refractivity contribution in [1.82, 2.24) is 9.97 Å². The molecule has 354 valence electrons. The molecule has 0 atom stereocenters. The second-order valence-electron chi connectivity index (χ2n) is 17.9. The number of carbonyl (C=O) groups is 3. The van der Waals surface area contributed by atoms with Crippen LogP contribution < -0.4 is 10.6 Å². The van der Waals surface area contributed by atoms with E-state index in [1.807, 2.05) is 60.7 Å². The number of aromatic nitrogens is 2. The summed E-state index contributed by atoms with van der Waals surface area (Å²) >= 11 is 12.8. The molecule has 0 bridgehead atoms. The lowest BCUT2D eigenvalue weighted by Crippen LogP contribution is -2.12. The number of amides is 2. The molecule has 0 saturated heterocycles. The number of aromatic hydroxyl groups is 2. The minimum absolute atomic E-state index is 0.0116. The van der Waals surface area contributed by atoms with E-state index in [1.54, 1.807) is 109 Å². The smallest absolute Gasteiger partial charge is 0.259 e. The number of nitrogens with one attached hydrogen (secondary N) is 4. The Kier molecular flexibility index (Phi) is 10.3. The summed E-state index contributed by atoms with van der Waals surface area (Å²) in [6, 6.07) is 49.9. The molecule has 2 amide bonds. The van der Waals surface area contributed by atoms with Gasteiger partial charge in [0.25, 0.3) is 11.8 Å². The average molecular weight is 1010 g/mol. The van der Waals surface area contributed by atoms with Gasteiger partial charge < -0.3 is 30.8 Å². The molecule has 15 heteroatoms. The number of benzene rings is 10. The molecule has 2 heterocycles. The molecular formula is C59H34Cl2N8O5. The van der Waals surface area contributed by atoms with Crippen LogP contribution in [-0.2, 0) is 0 Å². The zero-order chi connectivity index (χ0) is 50.4. The number of phenols is 2. The number of azo groups is 2. The monoisotopic (exact) mass is 1000 g/mol. The highest BCUT2D eigenvalue weighted by Gasteiger charge is 2.29. The van der Waals surface area contributed by atoms with Gasteiger partial charge in [0.15, 0.2) is 17.3 Å². The number of carbonyl (C=O) groups excluding carboxylic acids is 3. The van der Waals surface area contributed by atoms with E-state index in [0.29, 0.717) is 87.6 Å². The standard InChI is InChI=1S/C59H34Cl2N8O5/c60-31-13-21-47-41(25-31)39-17-11-29-23-45(58(73)62-33-7-3-1-4-8-33)56(71)53(49(29)51(39)64-47)68-66-35-15-19-37-38-20-16-36(28-44(38)55(70)43(37)27-35)67-69-54-50-30(12-18-40-42-26-32(61)14-22-48(42)65-52(40)50)24-46(57(54)72)59(74)63-34-9-5-2-6-10-34/h1-28,64-65,71-72H,(H,62,73)(H,63,74). The second kappa shape index (κ2) is 17.3. The highest BCUT2D eigenvalue weighted by molar-refractivity contribution is 6.33. The van der Waals surface area contributed by atoms with Crippen LogP contribution in [0.5, 0.6) is 11.5 Å². The summed E-state index contributed by atoms with van der Waals surface area (Å²) in [6.07, 6.45) is 0. The summed E-state index contributed by atoms with van der Waals surface area (Å²) < 4.78 is 0. The molecule has 12 aromatic rings. The van der Waals surface area contributed by atoms with Gasteiger partial charge in [-0.15, -0.1) is 10.2 Å². The maximum atomic E-state index is 14.3. The fraction of sp³-hybridized carbons (Fsp3) is 0. The number of halogens is 2. The molecule has 0 saturated carbocycles. The molecule has 13 nitrogen and oxygen atoms in total. The third-order valence-corrected chi connectivity index (χ3v) is 13.9. The first-order chi connectivity index (χ1) is 36.0. The summed E-state index contributed by atoms with van der Waals surface area (Å²) in [6.45, 7) is 0. The number of aromatic amines is 2. The number of hydrogen-bond donors (Lipinski definition) is 6.